The van der Waals surface area contributed by atoms with Crippen LogP contribution in [0.3, 0.4) is 0 Å². The maximum atomic E-state index is 6.03. The molecule has 2 aromatic rings. The molecule has 22 heavy (non-hydrogen) atoms. The van der Waals surface area contributed by atoms with Crippen molar-refractivity contribution in [1.82, 2.24) is 0 Å². The highest BCUT2D eigenvalue weighted by atomic mass is 16.5. The molecule has 0 saturated heterocycles. The Kier molecular flexibility index (Phi) is 4.96. The second-order valence-corrected chi connectivity index (χ2v) is 6.62. The maximum absolute atomic E-state index is 6.03. The molecule has 0 aliphatic heterocycles. The van der Waals surface area contributed by atoms with E-state index >= 15 is 0 Å². The third-order valence-corrected chi connectivity index (χ3v) is 3.23. The average Bonchev–Trinajstić information content (AvgIpc) is 2.45. The van der Waals surface area contributed by atoms with Crippen LogP contribution in [0.4, 0.5) is 11.4 Å². The van der Waals surface area contributed by atoms with Gasteiger partial charge < -0.3 is 15.0 Å². The monoisotopic (exact) mass is 298 g/mol. The first kappa shape index (κ1) is 16.2. The summed E-state index contributed by atoms with van der Waals surface area (Å²) < 4.78 is 6.03. The lowest BCUT2D eigenvalue weighted by atomic mass is 10.1. The molecule has 0 spiro atoms. The number of ether oxygens (including phenoxy) is 1. The molecule has 0 radical (unpaired) electrons. The standard InChI is InChI=1S/C19H26N2O/c1-19(2,3)22-18-12-7-6-9-15(18)14-20-16-10-8-11-17(13-16)21(4)5/h6-13,20H,14H2,1-5H3. The van der Waals surface area contributed by atoms with E-state index in [0.29, 0.717) is 0 Å². The normalized spacial score (nSPS) is 11.1. The van der Waals surface area contributed by atoms with Gasteiger partial charge in [0.15, 0.2) is 0 Å². The van der Waals surface area contributed by atoms with E-state index in [-0.39, 0.29) is 5.60 Å². The van der Waals surface area contributed by atoms with Gasteiger partial charge >= 0.3 is 0 Å². The molecule has 118 valence electrons. The molecule has 1 N–H and O–H groups in total. The molecule has 0 heterocycles. The fraction of sp³-hybridized carbons (Fsp3) is 0.368. The topological polar surface area (TPSA) is 24.5 Å². The lowest BCUT2D eigenvalue weighted by Gasteiger charge is -2.23. The summed E-state index contributed by atoms with van der Waals surface area (Å²) in [7, 11) is 4.09. The van der Waals surface area contributed by atoms with E-state index in [1.807, 2.05) is 32.3 Å². The van der Waals surface area contributed by atoms with Crippen molar-refractivity contribution < 1.29 is 4.74 Å². The first-order valence-electron chi connectivity index (χ1n) is 7.63. The van der Waals surface area contributed by atoms with Gasteiger partial charge in [-0.3, -0.25) is 0 Å². The summed E-state index contributed by atoms with van der Waals surface area (Å²) in [4.78, 5) is 2.10. The number of benzene rings is 2. The van der Waals surface area contributed by atoms with Crippen LogP contribution in [-0.4, -0.2) is 19.7 Å². The molecule has 0 aliphatic rings. The van der Waals surface area contributed by atoms with Crippen molar-refractivity contribution in [3.63, 3.8) is 0 Å². The number of hydrogen-bond acceptors (Lipinski definition) is 3. The zero-order valence-corrected chi connectivity index (χ0v) is 14.2. The van der Waals surface area contributed by atoms with Gasteiger partial charge in [0, 0.05) is 37.6 Å². The van der Waals surface area contributed by atoms with Gasteiger partial charge in [-0.1, -0.05) is 24.3 Å². The first-order chi connectivity index (χ1) is 10.3. The van der Waals surface area contributed by atoms with E-state index in [4.69, 9.17) is 4.74 Å². The molecule has 2 aromatic carbocycles. The Morgan fingerprint density at radius 3 is 2.41 bits per heavy atom. The molecule has 3 nitrogen and oxygen atoms in total. The lowest BCUT2D eigenvalue weighted by Crippen LogP contribution is -2.23. The minimum atomic E-state index is -0.194. The van der Waals surface area contributed by atoms with Crippen LogP contribution in [0, 0.1) is 0 Å². The maximum Gasteiger partial charge on any atom is 0.125 e. The number of para-hydroxylation sites is 1. The molecule has 2 rings (SSSR count). The predicted molar refractivity (Wildman–Crippen MR) is 94.9 cm³/mol. The Morgan fingerprint density at radius 1 is 1.00 bits per heavy atom. The Labute approximate surface area is 133 Å². The van der Waals surface area contributed by atoms with Gasteiger partial charge in [0.1, 0.15) is 11.4 Å². The summed E-state index contributed by atoms with van der Waals surface area (Å²) in [5, 5.41) is 3.48. The van der Waals surface area contributed by atoms with Crippen molar-refractivity contribution in [2.45, 2.75) is 32.9 Å². The Morgan fingerprint density at radius 2 is 1.73 bits per heavy atom. The van der Waals surface area contributed by atoms with Crippen molar-refractivity contribution in [2.24, 2.45) is 0 Å². The molecule has 0 amide bonds. The summed E-state index contributed by atoms with van der Waals surface area (Å²) in [6, 6.07) is 16.6. The second-order valence-electron chi connectivity index (χ2n) is 6.62. The number of nitrogens with one attached hydrogen (secondary N) is 1. The largest absolute Gasteiger partial charge is 0.488 e. The SMILES string of the molecule is CN(C)c1cccc(NCc2ccccc2OC(C)(C)C)c1. The number of anilines is 2. The molecular formula is C19H26N2O. The van der Waals surface area contributed by atoms with Crippen LogP contribution in [0.1, 0.15) is 26.3 Å². The number of rotatable bonds is 5. The summed E-state index contributed by atoms with van der Waals surface area (Å²) in [6.07, 6.45) is 0. The van der Waals surface area contributed by atoms with Crippen LogP contribution in [0.2, 0.25) is 0 Å². The van der Waals surface area contributed by atoms with Crippen molar-refractivity contribution >= 4 is 11.4 Å². The molecule has 0 aliphatic carbocycles. The smallest absolute Gasteiger partial charge is 0.125 e. The van der Waals surface area contributed by atoms with Gasteiger partial charge in [0.25, 0.3) is 0 Å². The van der Waals surface area contributed by atoms with E-state index in [1.54, 1.807) is 0 Å². The van der Waals surface area contributed by atoms with E-state index in [9.17, 15) is 0 Å². The Hall–Kier alpha value is -2.16. The highest BCUT2D eigenvalue weighted by Crippen LogP contribution is 2.24. The van der Waals surface area contributed by atoms with E-state index < -0.39 is 0 Å². The van der Waals surface area contributed by atoms with Gasteiger partial charge in [-0.15, -0.1) is 0 Å². The third-order valence-electron chi connectivity index (χ3n) is 3.23. The van der Waals surface area contributed by atoms with E-state index in [2.05, 4.69) is 61.3 Å². The fourth-order valence-corrected chi connectivity index (χ4v) is 2.17. The molecule has 3 heteroatoms. The molecule has 0 saturated carbocycles. The van der Waals surface area contributed by atoms with Crippen molar-refractivity contribution in [2.75, 3.05) is 24.3 Å². The van der Waals surface area contributed by atoms with Crippen LogP contribution in [0.25, 0.3) is 0 Å². The molecule has 0 bridgehead atoms. The number of nitrogens with zero attached hydrogens (tertiary/aromatic N) is 1. The minimum Gasteiger partial charge on any atom is -0.488 e. The molecule has 0 aromatic heterocycles. The second kappa shape index (κ2) is 6.73. The van der Waals surface area contributed by atoms with Gasteiger partial charge in [-0.05, 0) is 45.0 Å². The highest BCUT2D eigenvalue weighted by molar-refractivity contribution is 5.57. The van der Waals surface area contributed by atoms with Crippen molar-refractivity contribution in [1.29, 1.82) is 0 Å². The predicted octanol–water partition coefficient (Wildman–Crippen LogP) is 4.54. The van der Waals surface area contributed by atoms with Gasteiger partial charge in [-0.2, -0.15) is 0 Å². The third kappa shape index (κ3) is 4.69. The number of hydrogen-bond donors (Lipinski definition) is 1. The quantitative estimate of drug-likeness (QED) is 0.877. The molecule has 0 unspecified atom stereocenters. The average molecular weight is 298 g/mol. The highest BCUT2D eigenvalue weighted by Gasteiger charge is 2.14. The van der Waals surface area contributed by atoms with Crippen LogP contribution >= 0.6 is 0 Å². The van der Waals surface area contributed by atoms with Crippen LogP contribution < -0.4 is 15.0 Å². The van der Waals surface area contributed by atoms with Gasteiger partial charge in [0.05, 0.1) is 0 Å². The molecule has 0 fully saturated rings. The zero-order chi connectivity index (χ0) is 16.2. The lowest BCUT2D eigenvalue weighted by molar-refractivity contribution is 0.129. The Bertz CT molecular complexity index is 615. The van der Waals surface area contributed by atoms with Gasteiger partial charge in [0.2, 0.25) is 0 Å². The van der Waals surface area contributed by atoms with Crippen LogP contribution in [0.5, 0.6) is 5.75 Å². The zero-order valence-electron chi connectivity index (χ0n) is 14.2. The van der Waals surface area contributed by atoms with Crippen LogP contribution in [-0.2, 0) is 6.54 Å². The van der Waals surface area contributed by atoms with E-state index in [1.165, 1.54) is 5.69 Å². The summed E-state index contributed by atoms with van der Waals surface area (Å²) >= 11 is 0. The van der Waals surface area contributed by atoms with Crippen molar-refractivity contribution in [3.05, 3.63) is 54.1 Å². The molecular weight excluding hydrogens is 272 g/mol. The molecule has 0 atom stereocenters. The summed E-state index contributed by atoms with van der Waals surface area (Å²) in [5.74, 6) is 0.936. The summed E-state index contributed by atoms with van der Waals surface area (Å²) in [5.41, 5.74) is 3.26. The Balaban J connectivity index is 2.10. The van der Waals surface area contributed by atoms with E-state index in [0.717, 1.165) is 23.5 Å². The summed E-state index contributed by atoms with van der Waals surface area (Å²) in [6.45, 7) is 6.94. The van der Waals surface area contributed by atoms with Crippen LogP contribution in [0.15, 0.2) is 48.5 Å². The van der Waals surface area contributed by atoms with Gasteiger partial charge in [-0.25, -0.2) is 0 Å². The first-order valence-corrected chi connectivity index (χ1v) is 7.63. The minimum absolute atomic E-state index is 0.194. The fourth-order valence-electron chi connectivity index (χ4n) is 2.17. The van der Waals surface area contributed by atoms with Crippen molar-refractivity contribution in [3.8, 4) is 5.75 Å².